The van der Waals surface area contributed by atoms with E-state index in [-0.39, 0.29) is 5.91 Å². The number of carbonyl (C=O) groups excluding carboxylic acids is 1. The van der Waals surface area contributed by atoms with E-state index in [0.29, 0.717) is 12.2 Å². The van der Waals surface area contributed by atoms with Gasteiger partial charge in [-0.2, -0.15) is 0 Å². The van der Waals surface area contributed by atoms with Crippen LogP contribution in [-0.2, 0) is 0 Å². The average molecular weight is 274 g/mol. The first kappa shape index (κ1) is 13.6. The summed E-state index contributed by atoms with van der Waals surface area (Å²) in [5.41, 5.74) is 8.33. The van der Waals surface area contributed by atoms with Gasteiger partial charge in [-0.05, 0) is 54.6 Å². The highest BCUT2D eigenvalue weighted by atomic mass is 32.1. The number of rotatable bonds is 4. The number of hydrogen-bond acceptors (Lipinski definition) is 3. The molecule has 1 heterocycles. The third-order valence-electron chi connectivity index (χ3n) is 2.95. The second-order valence-corrected chi connectivity index (χ2v) is 5.40. The fraction of sp³-hybridized carbons (Fsp3) is 0.267. The van der Waals surface area contributed by atoms with E-state index >= 15 is 0 Å². The maximum atomic E-state index is 12.6. The molecule has 3 nitrogen and oxygen atoms in total. The van der Waals surface area contributed by atoms with Gasteiger partial charge in [-0.3, -0.25) is 4.79 Å². The van der Waals surface area contributed by atoms with Crippen LogP contribution in [0.5, 0.6) is 0 Å². The van der Waals surface area contributed by atoms with E-state index in [1.54, 1.807) is 0 Å². The monoisotopic (exact) mass is 274 g/mol. The van der Waals surface area contributed by atoms with Crippen molar-refractivity contribution < 1.29 is 4.79 Å². The molecular formula is C15H18N2OS. The normalized spacial score (nSPS) is 10.4. The molecule has 0 aliphatic rings. The van der Waals surface area contributed by atoms with E-state index in [0.717, 1.165) is 22.5 Å². The van der Waals surface area contributed by atoms with Crippen LogP contribution in [0.2, 0.25) is 0 Å². The summed E-state index contributed by atoms with van der Waals surface area (Å²) in [6.07, 6.45) is 0.917. The fourth-order valence-corrected chi connectivity index (χ4v) is 2.81. The van der Waals surface area contributed by atoms with Crippen molar-refractivity contribution in [2.45, 2.75) is 20.3 Å². The Morgan fingerprint density at radius 3 is 2.47 bits per heavy atom. The molecule has 100 valence electrons. The predicted octanol–water partition coefficient (Wildman–Crippen LogP) is 3.70. The molecule has 0 saturated carbocycles. The Kier molecular flexibility index (Phi) is 4.22. The van der Waals surface area contributed by atoms with Crippen LogP contribution in [0.4, 0.5) is 11.4 Å². The van der Waals surface area contributed by atoms with Crippen molar-refractivity contribution in [3.05, 3.63) is 46.2 Å². The van der Waals surface area contributed by atoms with Crippen molar-refractivity contribution in [1.29, 1.82) is 0 Å². The van der Waals surface area contributed by atoms with Gasteiger partial charge in [0.25, 0.3) is 5.91 Å². The Morgan fingerprint density at radius 1 is 1.26 bits per heavy atom. The molecule has 0 saturated heterocycles. The summed E-state index contributed by atoms with van der Waals surface area (Å²) in [4.78, 5) is 15.2. The van der Waals surface area contributed by atoms with E-state index in [1.807, 2.05) is 47.5 Å². The maximum absolute atomic E-state index is 12.6. The summed E-state index contributed by atoms with van der Waals surface area (Å²) in [5.74, 6) is 0.0686. The summed E-state index contributed by atoms with van der Waals surface area (Å²) < 4.78 is 0. The smallest absolute Gasteiger partial charge is 0.268 e. The lowest BCUT2D eigenvalue weighted by molar-refractivity contribution is 0.0990. The number of anilines is 2. The third kappa shape index (κ3) is 2.96. The van der Waals surface area contributed by atoms with E-state index in [4.69, 9.17) is 5.73 Å². The second-order valence-electron chi connectivity index (χ2n) is 4.48. The Hall–Kier alpha value is -1.81. The number of carbonyl (C=O) groups is 1. The van der Waals surface area contributed by atoms with Crippen LogP contribution >= 0.6 is 11.3 Å². The van der Waals surface area contributed by atoms with Crippen molar-refractivity contribution >= 4 is 28.6 Å². The fourth-order valence-electron chi connectivity index (χ4n) is 1.94. The molecule has 0 radical (unpaired) electrons. The minimum atomic E-state index is 0.0686. The van der Waals surface area contributed by atoms with Crippen LogP contribution in [0.25, 0.3) is 0 Å². The van der Waals surface area contributed by atoms with Crippen molar-refractivity contribution in [1.82, 2.24) is 0 Å². The number of amides is 1. The van der Waals surface area contributed by atoms with Crippen LogP contribution in [0.1, 0.15) is 28.6 Å². The second kappa shape index (κ2) is 5.89. The lowest BCUT2D eigenvalue weighted by Gasteiger charge is -2.22. The maximum Gasteiger partial charge on any atom is 0.268 e. The SMILES string of the molecule is CCCN(C(=O)c1sccc1C)c1ccc(N)cc1. The van der Waals surface area contributed by atoms with Gasteiger partial charge in [0, 0.05) is 17.9 Å². The summed E-state index contributed by atoms with van der Waals surface area (Å²) in [5, 5.41) is 1.95. The average Bonchev–Trinajstić information content (AvgIpc) is 2.83. The lowest BCUT2D eigenvalue weighted by atomic mass is 10.2. The number of nitrogens with zero attached hydrogens (tertiary/aromatic N) is 1. The van der Waals surface area contributed by atoms with Crippen LogP contribution in [0, 0.1) is 6.92 Å². The summed E-state index contributed by atoms with van der Waals surface area (Å²) in [6.45, 7) is 4.75. The Bertz CT molecular complexity index is 560. The molecule has 0 aliphatic carbocycles. The first-order valence-electron chi connectivity index (χ1n) is 6.35. The molecule has 0 aliphatic heterocycles. The standard InChI is InChI=1S/C15H18N2OS/c1-3-9-17(13-6-4-12(16)5-7-13)15(18)14-11(2)8-10-19-14/h4-8,10H,3,9,16H2,1-2H3. The molecule has 1 amide bonds. The zero-order valence-electron chi connectivity index (χ0n) is 11.2. The summed E-state index contributed by atoms with van der Waals surface area (Å²) in [7, 11) is 0. The molecule has 1 aromatic heterocycles. The molecular weight excluding hydrogens is 256 g/mol. The van der Waals surface area contributed by atoms with Crippen LogP contribution in [-0.4, -0.2) is 12.5 Å². The van der Waals surface area contributed by atoms with Gasteiger partial charge >= 0.3 is 0 Å². The lowest BCUT2D eigenvalue weighted by Crippen LogP contribution is -2.31. The van der Waals surface area contributed by atoms with Gasteiger partial charge in [0.15, 0.2) is 0 Å². The first-order chi connectivity index (χ1) is 9.13. The van der Waals surface area contributed by atoms with Crippen molar-refractivity contribution in [2.75, 3.05) is 17.2 Å². The molecule has 19 heavy (non-hydrogen) atoms. The van der Waals surface area contributed by atoms with Gasteiger partial charge in [0.1, 0.15) is 0 Å². The quantitative estimate of drug-likeness (QED) is 0.864. The van der Waals surface area contributed by atoms with Crippen LogP contribution in [0.3, 0.4) is 0 Å². The van der Waals surface area contributed by atoms with E-state index in [2.05, 4.69) is 6.92 Å². The van der Waals surface area contributed by atoms with Crippen molar-refractivity contribution in [3.8, 4) is 0 Å². The molecule has 2 aromatic rings. The van der Waals surface area contributed by atoms with Gasteiger partial charge in [0.2, 0.25) is 0 Å². The van der Waals surface area contributed by atoms with Crippen LogP contribution in [0.15, 0.2) is 35.7 Å². The van der Waals surface area contributed by atoms with Crippen LogP contribution < -0.4 is 10.6 Å². The zero-order valence-corrected chi connectivity index (χ0v) is 12.0. The summed E-state index contributed by atoms with van der Waals surface area (Å²) >= 11 is 1.49. The van der Waals surface area contributed by atoms with Crippen molar-refractivity contribution in [3.63, 3.8) is 0 Å². The number of thiophene rings is 1. The van der Waals surface area contributed by atoms with E-state index < -0.39 is 0 Å². The molecule has 2 N–H and O–H groups in total. The van der Waals surface area contributed by atoms with Gasteiger partial charge in [-0.1, -0.05) is 6.92 Å². The Labute approximate surface area is 117 Å². The molecule has 0 spiro atoms. The molecule has 4 heteroatoms. The third-order valence-corrected chi connectivity index (χ3v) is 3.96. The molecule has 0 bridgehead atoms. The Morgan fingerprint density at radius 2 is 1.95 bits per heavy atom. The topological polar surface area (TPSA) is 46.3 Å². The highest BCUT2D eigenvalue weighted by Crippen LogP contribution is 2.23. The summed E-state index contributed by atoms with van der Waals surface area (Å²) in [6, 6.07) is 9.42. The number of nitrogen functional groups attached to an aromatic ring is 1. The Balaban J connectivity index is 2.32. The minimum Gasteiger partial charge on any atom is -0.399 e. The highest BCUT2D eigenvalue weighted by molar-refractivity contribution is 7.12. The molecule has 1 aromatic carbocycles. The largest absolute Gasteiger partial charge is 0.399 e. The number of nitrogens with two attached hydrogens (primary N) is 1. The molecule has 0 atom stereocenters. The van der Waals surface area contributed by atoms with Gasteiger partial charge in [0.05, 0.1) is 4.88 Å². The van der Waals surface area contributed by atoms with Gasteiger partial charge in [-0.15, -0.1) is 11.3 Å². The van der Waals surface area contributed by atoms with Gasteiger partial charge < -0.3 is 10.6 Å². The first-order valence-corrected chi connectivity index (χ1v) is 7.23. The minimum absolute atomic E-state index is 0.0686. The number of aryl methyl sites for hydroxylation is 1. The molecule has 2 rings (SSSR count). The van der Waals surface area contributed by atoms with Crippen molar-refractivity contribution in [2.24, 2.45) is 0 Å². The van der Waals surface area contributed by atoms with E-state index in [1.165, 1.54) is 11.3 Å². The van der Waals surface area contributed by atoms with Gasteiger partial charge in [-0.25, -0.2) is 0 Å². The molecule has 0 fully saturated rings. The zero-order chi connectivity index (χ0) is 13.8. The predicted molar refractivity (Wildman–Crippen MR) is 81.9 cm³/mol. The number of hydrogen-bond donors (Lipinski definition) is 1. The van der Waals surface area contributed by atoms with E-state index in [9.17, 15) is 4.79 Å². The number of benzene rings is 1. The highest BCUT2D eigenvalue weighted by Gasteiger charge is 2.19. The molecule has 0 unspecified atom stereocenters.